The average molecular weight is 359 g/mol. The second kappa shape index (κ2) is 7.06. The Morgan fingerprint density at radius 3 is 2.81 bits per heavy atom. The van der Waals surface area contributed by atoms with Crippen molar-refractivity contribution in [3.8, 4) is 5.75 Å². The van der Waals surface area contributed by atoms with E-state index in [1.807, 2.05) is 12.1 Å². The number of aliphatic hydroxyl groups is 1. The number of ether oxygens (including phenoxy) is 1. The monoisotopic (exact) mass is 359 g/mol. The SMILES string of the molecule is COc1cccnc1N1CCCC2(CCN(C3CCC(O)CC3)C2=O)C1. The van der Waals surface area contributed by atoms with E-state index in [0.717, 1.165) is 76.1 Å². The summed E-state index contributed by atoms with van der Waals surface area (Å²) in [6.07, 6.45) is 8.00. The molecule has 2 aliphatic heterocycles. The number of carbonyl (C=O) groups excluding carboxylic acids is 1. The molecule has 6 nitrogen and oxygen atoms in total. The molecule has 1 aromatic heterocycles. The van der Waals surface area contributed by atoms with Crippen LogP contribution >= 0.6 is 0 Å². The lowest BCUT2D eigenvalue weighted by Gasteiger charge is -2.41. The van der Waals surface area contributed by atoms with Crippen molar-refractivity contribution >= 4 is 11.7 Å². The number of aliphatic hydroxyl groups excluding tert-OH is 1. The number of amides is 1. The summed E-state index contributed by atoms with van der Waals surface area (Å²) in [5, 5.41) is 9.76. The maximum atomic E-state index is 13.4. The Morgan fingerprint density at radius 2 is 2.04 bits per heavy atom. The lowest BCUT2D eigenvalue weighted by molar-refractivity contribution is -0.139. The predicted octanol–water partition coefficient (Wildman–Crippen LogP) is 2.21. The van der Waals surface area contributed by atoms with Gasteiger partial charge in [-0.25, -0.2) is 4.98 Å². The number of hydrogen-bond donors (Lipinski definition) is 1. The van der Waals surface area contributed by atoms with E-state index in [0.29, 0.717) is 11.9 Å². The fraction of sp³-hybridized carbons (Fsp3) is 0.700. The first-order valence-electron chi connectivity index (χ1n) is 9.86. The maximum absolute atomic E-state index is 13.4. The van der Waals surface area contributed by atoms with Gasteiger partial charge in [0.25, 0.3) is 0 Å². The van der Waals surface area contributed by atoms with Gasteiger partial charge in [0.2, 0.25) is 5.91 Å². The summed E-state index contributed by atoms with van der Waals surface area (Å²) in [6.45, 7) is 2.50. The van der Waals surface area contributed by atoms with Crippen LogP contribution in [0.5, 0.6) is 5.75 Å². The van der Waals surface area contributed by atoms with E-state index >= 15 is 0 Å². The van der Waals surface area contributed by atoms with E-state index in [9.17, 15) is 9.90 Å². The standard InChI is InChI=1S/C20H29N3O3/c1-26-17-4-2-11-21-18(17)22-12-3-9-20(14-22)10-13-23(19(20)25)15-5-7-16(24)8-6-15/h2,4,11,15-16,24H,3,5-10,12-14H2,1H3. The van der Waals surface area contributed by atoms with Crippen molar-refractivity contribution in [2.24, 2.45) is 5.41 Å². The Kier molecular flexibility index (Phi) is 4.78. The van der Waals surface area contributed by atoms with E-state index in [2.05, 4.69) is 14.8 Å². The van der Waals surface area contributed by atoms with Gasteiger partial charge >= 0.3 is 0 Å². The van der Waals surface area contributed by atoms with Crippen LogP contribution in [0.2, 0.25) is 0 Å². The Hall–Kier alpha value is -1.82. The molecule has 3 fully saturated rings. The summed E-state index contributed by atoms with van der Waals surface area (Å²) in [6, 6.07) is 4.12. The van der Waals surface area contributed by atoms with E-state index in [4.69, 9.17) is 4.74 Å². The van der Waals surface area contributed by atoms with Gasteiger partial charge in [-0.3, -0.25) is 4.79 Å². The number of rotatable bonds is 3. The number of methoxy groups -OCH3 is 1. The highest BCUT2D eigenvalue weighted by atomic mass is 16.5. The third-order valence-electron chi connectivity index (χ3n) is 6.50. The molecule has 1 aromatic rings. The summed E-state index contributed by atoms with van der Waals surface area (Å²) in [7, 11) is 1.67. The number of nitrogens with zero attached hydrogens (tertiary/aromatic N) is 3. The first kappa shape index (κ1) is 17.6. The third-order valence-corrected chi connectivity index (χ3v) is 6.50. The molecule has 142 valence electrons. The topological polar surface area (TPSA) is 65.9 Å². The van der Waals surface area contributed by atoms with Crippen molar-refractivity contribution in [3.63, 3.8) is 0 Å². The Labute approximate surface area is 155 Å². The van der Waals surface area contributed by atoms with Crippen molar-refractivity contribution in [1.29, 1.82) is 0 Å². The normalized spacial score (nSPS) is 32.3. The molecule has 3 heterocycles. The van der Waals surface area contributed by atoms with E-state index < -0.39 is 0 Å². The van der Waals surface area contributed by atoms with Crippen LogP contribution in [-0.2, 0) is 4.79 Å². The van der Waals surface area contributed by atoms with Gasteiger partial charge < -0.3 is 19.6 Å². The van der Waals surface area contributed by atoms with Gasteiger partial charge in [0.05, 0.1) is 18.6 Å². The molecule has 1 unspecified atom stereocenters. The number of anilines is 1. The van der Waals surface area contributed by atoms with Gasteiger partial charge in [0.15, 0.2) is 11.6 Å². The highest BCUT2D eigenvalue weighted by Crippen LogP contribution is 2.44. The minimum absolute atomic E-state index is 0.181. The van der Waals surface area contributed by atoms with Crippen LogP contribution in [0.15, 0.2) is 18.3 Å². The van der Waals surface area contributed by atoms with Crippen LogP contribution in [0.25, 0.3) is 0 Å². The molecule has 1 N–H and O–H groups in total. The number of carbonyl (C=O) groups is 1. The number of likely N-dealkylation sites (tertiary alicyclic amines) is 1. The van der Waals surface area contributed by atoms with Crippen LogP contribution in [0.1, 0.15) is 44.9 Å². The number of piperidine rings is 1. The van der Waals surface area contributed by atoms with Crippen LogP contribution in [0.3, 0.4) is 0 Å². The molecule has 4 rings (SSSR count). The zero-order chi connectivity index (χ0) is 18.1. The molecule has 26 heavy (non-hydrogen) atoms. The molecule has 2 saturated heterocycles. The number of aromatic nitrogens is 1. The average Bonchev–Trinajstić information content (AvgIpc) is 2.98. The Bertz CT molecular complexity index is 659. The van der Waals surface area contributed by atoms with Gasteiger partial charge in [-0.05, 0) is 57.1 Å². The van der Waals surface area contributed by atoms with Gasteiger partial charge in [-0.2, -0.15) is 0 Å². The van der Waals surface area contributed by atoms with Gasteiger partial charge in [0.1, 0.15) is 0 Å². The van der Waals surface area contributed by atoms with Crippen LogP contribution in [0.4, 0.5) is 5.82 Å². The molecule has 0 bridgehead atoms. The summed E-state index contributed by atoms with van der Waals surface area (Å²) in [5.74, 6) is 1.94. The van der Waals surface area contributed by atoms with E-state index in [1.54, 1.807) is 13.3 Å². The largest absolute Gasteiger partial charge is 0.493 e. The molecule has 1 spiro atoms. The zero-order valence-electron chi connectivity index (χ0n) is 15.6. The number of hydrogen-bond acceptors (Lipinski definition) is 5. The van der Waals surface area contributed by atoms with E-state index in [-0.39, 0.29) is 11.5 Å². The van der Waals surface area contributed by atoms with Crippen molar-refractivity contribution in [2.45, 2.75) is 57.1 Å². The predicted molar refractivity (Wildman–Crippen MR) is 99.3 cm³/mol. The molecule has 1 atom stereocenters. The van der Waals surface area contributed by atoms with Crippen molar-refractivity contribution in [3.05, 3.63) is 18.3 Å². The van der Waals surface area contributed by atoms with Crippen molar-refractivity contribution in [1.82, 2.24) is 9.88 Å². The lowest BCUT2D eigenvalue weighted by Crippen LogP contribution is -2.50. The summed E-state index contributed by atoms with van der Waals surface area (Å²) >= 11 is 0. The molecular formula is C20H29N3O3. The van der Waals surface area contributed by atoms with Crippen molar-refractivity contribution in [2.75, 3.05) is 31.6 Å². The van der Waals surface area contributed by atoms with E-state index in [1.165, 1.54) is 0 Å². The van der Waals surface area contributed by atoms with Gasteiger partial charge in [-0.1, -0.05) is 0 Å². The summed E-state index contributed by atoms with van der Waals surface area (Å²) < 4.78 is 5.48. The van der Waals surface area contributed by atoms with Crippen LogP contribution in [0, 0.1) is 5.41 Å². The van der Waals surface area contributed by atoms with Crippen molar-refractivity contribution < 1.29 is 14.6 Å². The fourth-order valence-electron chi connectivity index (χ4n) is 5.04. The molecule has 3 aliphatic rings. The first-order chi connectivity index (χ1) is 12.6. The molecule has 1 saturated carbocycles. The van der Waals surface area contributed by atoms with Crippen LogP contribution < -0.4 is 9.64 Å². The second-order valence-corrected chi connectivity index (χ2v) is 8.05. The second-order valence-electron chi connectivity index (χ2n) is 8.05. The zero-order valence-corrected chi connectivity index (χ0v) is 15.6. The minimum atomic E-state index is -0.281. The Balaban J connectivity index is 1.51. The quantitative estimate of drug-likeness (QED) is 0.896. The maximum Gasteiger partial charge on any atom is 0.230 e. The van der Waals surface area contributed by atoms with Crippen LogP contribution in [-0.4, -0.2) is 59.8 Å². The highest BCUT2D eigenvalue weighted by Gasteiger charge is 2.51. The molecule has 6 heteroatoms. The third kappa shape index (κ3) is 3.04. The Morgan fingerprint density at radius 1 is 1.23 bits per heavy atom. The first-order valence-corrected chi connectivity index (χ1v) is 9.86. The molecule has 0 aromatic carbocycles. The molecule has 0 radical (unpaired) electrons. The summed E-state index contributed by atoms with van der Waals surface area (Å²) in [5.41, 5.74) is -0.281. The molecule has 1 aliphatic carbocycles. The lowest BCUT2D eigenvalue weighted by atomic mass is 9.78. The highest BCUT2D eigenvalue weighted by molar-refractivity contribution is 5.86. The smallest absolute Gasteiger partial charge is 0.230 e. The summed E-state index contributed by atoms with van der Waals surface area (Å²) in [4.78, 5) is 22.2. The minimum Gasteiger partial charge on any atom is -0.493 e. The molecule has 1 amide bonds. The van der Waals surface area contributed by atoms with Gasteiger partial charge in [0, 0.05) is 31.9 Å². The number of pyridine rings is 1. The van der Waals surface area contributed by atoms with Gasteiger partial charge in [-0.15, -0.1) is 0 Å². The molecular weight excluding hydrogens is 330 g/mol. The fourth-order valence-corrected chi connectivity index (χ4v) is 5.04.